The Morgan fingerprint density at radius 3 is 1.05 bits per heavy atom. The number of allylic oxidation sites excluding steroid dienone is 6. The third-order valence-corrected chi connectivity index (χ3v) is 18.7. The van der Waals surface area contributed by atoms with E-state index in [0.717, 1.165) is 44.9 Å². The lowest BCUT2D eigenvalue weighted by Crippen LogP contribution is -2.60. The lowest BCUT2D eigenvalue weighted by atomic mass is 9.98. The van der Waals surface area contributed by atoms with E-state index in [2.05, 4.69) is 55.6 Å². The van der Waals surface area contributed by atoms with Crippen LogP contribution in [0.15, 0.2) is 36.5 Å². The van der Waals surface area contributed by atoms with Crippen LogP contribution in [0, 0.1) is 0 Å². The van der Waals surface area contributed by atoms with Crippen LogP contribution < -0.4 is 5.32 Å². The smallest absolute Gasteiger partial charge is 0.249 e. The van der Waals surface area contributed by atoms with Gasteiger partial charge < -0.3 is 50.5 Å². The van der Waals surface area contributed by atoms with Gasteiger partial charge in [0.25, 0.3) is 0 Å². The molecular weight excluding hydrogens is 1100 g/mol. The van der Waals surface area contributed by atoms with Crippen LogP contribution in [0.2, 0.25) is 0 Å². The molecule has 11 nitrogen and oxygen atoms in total. The van der Waals surface area contributed by atoms with E-state index in [1.54, 1.807) is 0 Å². The molecular formula is C77H147NO10. The van der Waals surface area contributed by atoms with Crippen LogP contribution in [0.3, 0.4) is 0 Å². The second kappa shape index (κ2) is 65.4. The van der Waals surface area contributed by atoms with Gasteiger partial charge >= 0.3 is 0 Å². The van der Waals surface area contributed by atoms with Crippen molar-refractivity contribution in [3.05, 3.63) is 36.5 Å². The molecule has 1 amide bonds. The lowest BCUT2D eigenvalue weighted by molar-refractivity contribution is -0.303. The van der Waals surface area contributed by atoms with Gasteiger partial charge in [0.05, 0.1) is 25.4 Å². The summed E-state index contributed by atoms with van der Waals surface area (Å²) in [6.45, 7) is 3.50. The van der Waals surface area contributed by atoms with Gasteiger partial charge in [0.1, 0.15) is 36.6 Å². The normalized spacial score (nSPS) is 18.8. The number of unbranched alkanes of at least 4 members (excludes halogenated alkanes) is 50. The molecule has 8 N–H and O–H groups in total. The topological polar surface area (TPSA) is 189 Å². The zero-order valence-electron chi connectivity index (χ0n) is 57.7. The van der Waals surface area contributed by atoms with Crippen molar-refractivity contribution in [2.75, 3.05) is 13.2 Å². The summed E-state index contributed by atoms with van der Waals surface area (Å²) in [5, 5.41) is 76.6. The van der Waals surface area contributed by atoms with Gasteiger partial charge in [-0.2, -0.15) is 0 Å². The number of rotatable bonds is 68. The van der Waals surface area contributed by atoms with Crippen molar-refractivity contribution in [2.24, 2.45) is 0 Å². The van der Waals surface area contributed by atoms with Gasteiger partial charge in [-0.05, 0) is 70.6 Å². The molecule has 9 unspecified atom stereocenters. The molecule has 9 atom stereocenters. The maximum absolute atomic E-state index is 13.3. The van der Waals surface area contributed by atoms with E-state index in [1.165, 1.54) is 295 Å². The number of carbonyl (C=O) groups excluding carboxylic acids is 1. The van der Waals surface area contributed by atoms with E-state index in [9.17, 15) is 40.5 Å². The van der Waals surface area contributed by atoms with Crippen LogP contribution in [0.25, 0.3) is 0 Å². The molecule has 0 spiro atoms. The first-order chi connectivity index (χ1) is 43.2. The maximum Gasteiger partial charge on any atom is 0.249 e. The van der Waals surface area contributed by atoms with E-state index in [-0.39, 0.29) is 12.8 Å². The summed E-state index contributed by atoms with van der Waals surface area (Å²) in [5.74, 6) is -0.700. The quantitative estimate of drug-likeness (QED) is 0.0215. The summed E-state index contributed by atoms with van der Waals surface area (Å²) in [6.07, 6.45) is 74.0. The van der Waals surface area contributed by atoms with Crippen LogP contribution >= 0.6 is 0 Å². The van der Waals surface area contributed by atoms with E-state index >= 15 is 0 Å². The Labute approximate surface area is 543 Å². The molecule has 0 aromatic rings. The molecule has 0 aromatic heterocycles. The monoisotopic (exact) mass is 1250 g/mol. The Morgan fingerprint density at radius 2 is 0.705 bits per heavy atom. The predicted molar refractivity (Wildman–Crippen MR) is 372 cm³/mol. The third kappa shape index (κ3) is 51.8. The third-order valence-electron chi connectivity index (χ3n) is 18.7. The van der Waals surface area contributed by atoms with E-state index in [1.807, 2.05) is 0 Å². The summed E-state index contributed by atoms with van der Waals surface area (Å²) in [6, 6.07) is -1.19. The van der Waals surface area contributed by atoms with Crippen LogP contribution in [0.5, 0.6) is 0 Å². The number of ether oxygens (including phenoxy) is 2. The molecule has 1 fully saturated rings. The number of hydrogen-bond donors (Lipinski definition) is 8. The maximum atomic E-state index is 13.3. The number of aliphatic hydroxyl groups excluding tert-OH is 7. The number of nitrogens with one attached hydrogen (secondary N) is 1. The zero-order chi connectivity index (χ0) is 63.9. The highest BCUT2D eigenvalue weighted by Gasteiger charge is 2.44. The van der Waals surface area contributed by atoms with Crippen molar-refractivity contribution in [1.82, 2.24) is 5.32 Å². The minimum Gasteiger partial charge on any atom is -0.394 e. The average molecular weight is 1250 g/mol. The molecule has 0 aromatic carbocycles. The van der Waals surface area contributed by atoms with Gasteiger partial charge in [0.2, 0.25) is 5.91 Å². The van der Waals surface area contributed by atoms with Gasteiger partial charge in [-0.15, -0.1) is 0 Å². The van der Waals surface area contributed by atoms with E-state index < -0.39 is 74.2 Å². The van der Waals surface area contributed by atoms with Crippen molar-refractivity contribution >= 4 is 5.91 Å². The molecule has 0 radical (unpaired) electrons. The second-order valence-corrected chi connectivity index (χ2v) is 27.1. The van der Waals surface area contributed by atoms with Crippen LogP contribution in [-0.2, 0) is 14.3 Å². The summed E-state index contributed by atoms with van der Waals surface area (Å²) >= 11 is 0. The van der Waals surface area contributed by atoms with E-state index in [0.29, 0.717) is 12.8 Å². The largest absolute Gasteiger partial charge is 0.394 e. The predicted octanol–water partition coefficient (Wildman–Crippen LogP) is 19.3. The molecule has 0 bridgehead atoms. The SMILES string of the molecule is CCCCCCCCCCCCCCCCC/C=C\C/C=C\CCCCCCCCCCCCCCCCCCC(O)C(=O)NC(COC1OC(CO)C(O)C(O)C1O)C(O)C(O)CCC/C=C/CCCCCCCCCCCCCCCCCCCC. The molecule has 1 heterocycles. The second-order valence-electron chi connectivity index (χ2n) is 27.1. The number of carbonyl (C=O) groups is 1. The Morgan fingerprint density at radius 1 is 0.398 bits per heavy atom. The lowest BCUT2D eigenvalue weighted by Gasteiger charge is -2.40. The number of amides is 1. The van der Waals surface area contributed by atoms with Crippen molar-refractivity contribution in [3.8, 4) is 0 Å². The highest BCUT2D eigenvalue weighted by atomic mass is 16.7. The minimum atomic E-state index is -1.67. The molecule has 0 aliphatic carbocycles. The highest BCUT2D eigenvalue weighted by molar-refractivity contribution is 5.80. The van der Waals surface area contributed by atoms with Gasteiger partial charge in [-0.3, -0.25) is 4.79 Å². The fourth-order valence-corrected chi connectivity index (χ4v) is 12.5. The van der Waals surface area contributed by atoms with Crippen LogP contribution in [0.4, 0.5) is 0 Å². The molecule has 1 rings (SSSR count). The Kier molecular flexibility index (Phi) is 62.7. The molecule has 520 valence electrons. The summed E-state index contributed by atoms with van der Waals surface area (Å²) in [7, 11) is 0. The van der Waals surface area contributed by atoms with Crippen LogP contribution in [-0.4, -0.2) is 110 Å². The first kappa shape index (κ1) is 84.3. The standard InChI is InChI=1S/C77H147NO10/c1-3-5-7-9-11-13-15-17-19-21-23-25-27-28-29-30-31-32-33-34-35-36-37-38-39-40-41-43-45-47-49-51-53-55-57-59-61-63-65-70(81)76(86)78-68(67-87-77-75(85)74(84)73(83)71(66-79)88-77)72(82)69(80)64-62-60-58-56-54-52-50-48-46-44-42-26-24-22-20-18-16-14-12-10-8-6-4-2/h31-32,34-35,56,58,68-75,77,79-85H,3-30,33,36-55,57,59-67H2,1-2H3,(H,78,86)/b32-31-,35-34-,58-56+. The van der Waals surface area contributed by atoms with Crippen molar-refractivity contribution in [3.63, 3.8) is 0 Å². The minimum absolute atomic E-state index is 0.256. The molecule has 1 aliphatic heterocycles. The van der Waals surface area contributed by atoms with Crippen molar-refractivity contribution < 1.29 is 50.0 Å². The molecule has 88 heavy (non-hydrogen) atoms. The van der Waals surface area contributed by atoms with Gasteiger partial charge in [-0.1, -0.05) is 346 Å². The van der Waals surface area contributed by atoms with Gasteiger partial charge in [0.15, 0.2) is 6.29 Å². The number of hydrogen-bond acceptors (Lipinski definition) is 10. The Balaban J connectivity index is 2.14. The average Bonchev–Trinajstić information content (AvgIpc) is 3.73. The van der Waals surface area contributed by atoms with Crippen LogP contribution in [0.1, 0.15) is 380 Å². The first-order valence-corrected chi connectivity index (χ1v) is 38.4. The van der Waals surface area contributed by atoms with Crippen molar-refractivity contribution in [1.29, 1.82) is 0 Å². The van der Waals surface area contributed by atoms with E-state index in [4.69, 9.17) is 9.47 Å². The fourth-order valence-electron chi connectivity index (χ4n) is 12.5. The summed E-state index contributed by atoms with van der Waals surface area (Å²) < 4.78 is 11.2. The molecule has 11 heteroatoms. The highest BCUT2D eigenvalue weighted by Crippen LogP contribution is 2.24. The van der Waals surface area contributed by atoms with Crippen molar-refractivity contribution in [2.45, 2.75) is 435 Å². The summed E-state index contributed by atoms with van der Waals surface area (Å²) in [5.41, 5.74) is 0. The first-order valence-electron chi connectivity index (χ1n) is 38.4. The molecule has 1 saturated heterocycles. The molecule has 1 aliphatic rings. The molecule has 0 saturated carbocycles. The zero-order valence-corrected chi connectivity index (χ0v) is 57.7. The Hall–Kier alpha value is -1.67. The number of aliphatic hydroxyl groups is 7. The van der Waals surface area contributed by atoms with Gasteiger partial charge in [0, 0.05) is 0 Å². The summed E-state index contributed by atoms with van der Waals surface area (Å²) in [4.78, 5) is 13.3. The fraction of sp³-hybridized carbons (Fsp3) is 0.909. The van der Waals surface area contributed by atoms with Gasteiger partial charge in [-0.25, -0.2) is 0 Å². The Bertz CT molecular complexity index is 1530.